The zero-order valence-electron chi connectivity index (χ0n) is 7.09. The van der Waals surface area contributed by atoms with Gasteiger partial charge in [0, 0.05) is 17.3 Å². The van der Waals surface area contributed by atoms with Crippen LogP contribution in [0.1, 0.15) is 11.5 Å². The van der Waals surface area contributed by atoms with Crippen LogP contribution in [0.2, 0.25) is 0 Å². The van der Waals surface area contributed by atoms with Crippen molar-refractivity contribution < 1.29 is 4.42 Å². The van der Waals surface area contributed by atoms with Crippen LogP contribution >= 0.6 is 0 Å². The molecule has 12 heavy (non-hydrogen) atoms. The van der Waals surface area contributed by atoms with E-state index in [-0.39, 0.29) is 0 Å². The molecule has 0 fully saturated rings. The van der Waals surface area contributed by atoms with Crippen molar-refractivity contribution in [2.75, 3.05) is 0 Å². The van der Waals surface area contributed by atoms with Gasteiger partial charge in [-0.3, -0.25) is 5.10 Å². The maximum absolute atomic E-state index is 5.40. The number of aromatic amines is 1. The van der Waals surface area contributed by atoms with Crippen molar-refractivity contribution >= 4 is 0 Å². The fourth-order valence-electron chi connectivity index (χ4n) is 1.32. The number of hydrogen-bond acceptors (Lipinski definition) is 2. The fraction of sp³-hybridized carbons (Fsp3) is 0.222. The first-order chi connectivity index (χ1) is 5.77. The molecule has 0 unspecified atom stereocenters. The average molecular weight is 162 g/mol. The van der Waals surface area contributed by atoms with Gasteiger partial charge in [-0.15, -0.1) is 0 Å². The summed E-state index contributed by atoms with van der Waals surface area (Å²) < 4.78 is 5.40. The van der Waals surface area contributed by atoms with Gasteiger partial charge in [0.05, 0.1) is 6.20 Å². The number of nitrogens with zero attached hydrogens (tertiary/aromatic N) is 1. The lowest BCUT2D eigenvalue weighted by Crippen LogP contribution is -1.70. The second-order valence-electron chi connectivity index (χ2n) is 2.81. The van der Waals surface area contributed by atoms with E-state index in [0.717, 1.165) is 22.6 Å². The first-order valence-corrected chi connectivity index (χ1v) is 3.83. The Bertz CT molecular complexity index is 373. The van der Waals surface area contributed by atoms with Crippen LogP contribution < -0.4 is 0 Å². The smallest absolute Gasteiger partial charge is 0.109 e. The molecule has 3 nitrogen and oxygen atoms in total. The Balaban J connectivity index is 2.54. The Morgan fingerprint density at radius 1 is 1.42 bits per heavy atom. The molecule has 0 aromatic carbocycles. The third kappa shape index (κ3) is 1.03. The van der Waals surface area contributed by atoms with Gasteiger partial charge in [0.15, 0.2) is 0 Å². The van der Waals surface area contributed by atoms with Gasteiger partial charge >= 0.3 is 0 Å². The summed E-state index contributed by atoms with van der Waals surface area (Å²) in [5.41, 5.74) is 2.19. The molecule has 3 heteroatoms. The number of rotatable bonds is 1. The molecule has 0 atom stereocenters. The number of aromatic nitrogens is 2. The number of hydrogen-bond donors (Lipinski definition) is 1. The van der Waals surface area contributed by atoms with Gasteiger partial charge in [0.25, 0.3) is 0 Å². The molecule has 2 rings (SSSR count). The first kappa shape index (κ1) is 7.16. The molecule has 0 radical (unpaired) electrons. The van der Waals surface area contributed by atoms with E-state index in [0.29, 0.717) is 0 Å². The van der Waals surface area contributed by atoms with Crippen molar-refractivity contribution in [2.24, 2.45) is 0 Å². The maximum atomic E-state index is 5.40. The molecule has 2 aromatic rings. The minimum Gasteiger partial charge on any atom is -0.466 e. The highest BCUT2D eigenvalue weighted by molar-refractivity contribution is 5.64. The van der Waals surface area contributed by atoms with Gasteiger partial charge in [-0.1, -0.05) is 0 Å². The number of furan rings is 1. The van der Waals surface area contributed by atoms with E-state index < -0.39 is 0 Å². The average Bonchev–Trinajstić information content (AvgIpc) is 2.58. The van der Waals surface area contributed by atoms with Crippen LogP contribution in [0.4, 0.5) is 0 Å². The molecular formula is C9H10N2O. The molecule has 0 amide bonds. The van der Waals surface area contributed by atoms with Crippen LogP contribution in [0.15, 0.2) is 22.9 Å². The summed E-state index contributed by atoms with van der Waals surface area (Å²) in [6.45, 7) is 3.89. The summed E-state index contributed by atoms with van der Waals surface area (Å²) in [4.78, 5) is 0. The van der Waals surface area contributed by atoms with Crippen LogP contribution in [0.25, 0.3) is 11.1 Å². The van der Waals surface area contributed by atoms with Gasteiger partial charge in [0.2, 0.25) is 0 Å². The van der Waals surface area contributed by atoms with Crippen molar-refractivity contribution in [1.29, 1.82) is 0 Å². The first-order valence-electron chi connectivity index (χ1n) is 3.83. The van der Waals surface area contributed by atoms with Crippen molar-refractivity contribution in [1.82, 2.24) is 10.2 Å². The lowest BCUT2D eigenvalue weighted by Gasteiger charge is -1.89. The minimum absolute atomic E-state index is 0.934. The number of nitrogens with one attached hydrogen (secondary N) is 1. The van der Waals surface area contributed by atoms with Crippen molar-refractivity contribution in [2.45, 2.75) is 13.8 Å². The normalized spacial score (nSPS) is 10.5. The molecule has 1 N–H and O–H groups in total. The lowest BCUT2D eigenvalue weighted by atomic mass is 10.1. The summed E-state index contributed by atoms with van der Waals surface area (Å²) in [5.74, 6) is 1.87. The Kier molecular flexibility index (Phi) is 1.50. The highest BCUT2D eigenvalue weighted by Gasteiger charge is 2.06. The molecule has 0 aliphatic rings. The Hall–Kier alpha value is -1.51. The SMILES string of the molecule is Cc1cc(-c2cn[nH]c2)c(C)o1. The zero-order chi connectivity index (χ0) is 8.55. The van der Waals surface area contributed by atoms with Gasteiger partial charge < -0.3 is 4.42 Å². The van der Waals surface area contributed by atoms with Crippen molar-refractivity contribution in [3.63, 3.8) is 0 Å². The predicted molar refractivity (Wildman–Crippen MR) is 45.8 cm³/mol. The van der Waals surface area contributed by atoms with E-state index in [1.807, 2.05) is 26.1 Å². The molecule has 2 aromatic heterocycles. The quantitative estimate of drug-likeness (QED) is 0.699. The van der Waals surface area contributed by atoms with E-state index in [2.05, 4.69) is 10.2 Å². The summed E-state index contributed by atoms with van der Waals surface area (Å²) >= 11 is 0. The standard InChI is InChI=1S/C9H10N2O/c1-6-3-9(7(2)12-6)8-4-10-11-5-8/h3-5H,1-2H3,(H,10,11). The molecule has 0 saturated carbocycles. The zero-order valence-corrected chi connectivity index (χ0v) is 7.09. The highest BCUT2D eigenvalue weighted by Crippen LogP contribution is 2.24. The van der Waals surface area contributed by atoms with Gasteiger partial charge in [0.1, 0.15) is 11.5 Å². The monoisotopic (exact) mass is 162 g/mol. The third-order valence-corrected chi connectivity index (χ3v) is 1.85. The molecule has 62 valence electrons. The molecule has 0 aliphatic carbocycles. The largest absolute Gasteiger partial charge is 0.466 e. The third-order valence-electron chi connectivity index (χ3n) is 1.85. The summed E-state index contributed by atoms with van der Waals surface area (Å²) in [6.07, 6.45) is 3.65. The Morgan fingerprint density at radius 2 is 2.25 bits per heavy atom. The van der Waals surface area contributed by atoms with Gasteiger partial charge in [-0.05, 0) is 19.9 Å². The number of aryl methyl sites for hydroxylation is 2. The van der Waals surface area contributed by atoms with E-state index in [1.54, 1.807) is 6.20 Å². The molecule has 0 bridgehead atoms. The van der Waals surface area contributed by atoms with E-state index >= 15 is 0 Å². The number of H-pyrrole nitrogens is 1. The molecule has 2 heterocycles. The summed E-state index contributed by atoms with van der Waals surface area (Å²) in [6, 6.07) is 2.01. The van der Waals surface area contributed by atoms with Crippen molar-refractivity contribution in [3.8, 4) is 11.1 Å². The second kappa shape index (κ2) is 2.52. The Labute approximate surface area is 70.4 Å². The molecule has 0 saturated heterocycles. The van der Waals surface area contributed by atoms with Crippen LogP contribution in [-0.2, 0) is 0 Å². The van der Waals surface area contributed by atoms with Crippen LogP contribution in [-0.4, -0.2) is 10.2 Å². The predicted octanol–water partition coefficient (Wildman–Crippen LogP) is 2.29. The molecule has 0 spiro atoms. The molecular weight excluding hydrogens is 152 g/mol. The van der Waals surface area contributed by atoms with E-state index in [4.69, 9.17) is 4.42 Å². The minimum atomic E-state index is 0.934. The summed E-state index contributed by atoms with van der Waals surface area (Å²) in [7, 11) is 0. The Morgan fingerprint density at radius 3 is 2.75 bits per heavy atom. The molecule has 0 aliphatic heterocycles. The summed E-state index contributed by atoms with van der Waals surface area (Å²) in [5, 5.41) is 6.66. The second-order valence-corrected chi connectivity index (χ2v) is 2.81. The highest BCUT2D eigenvalue weighted by atomic mass is 16.3. The van der Waals surface area contributed by atoms with Crippen LogP contribution in [0.5, 0.6) is 0 Å². The van der Waals surface area contributed by atoms with E-state index in [9.17, 15) is 0 Å². The van der Waals surface area contributed by atoms with Crippen LogP contribution in [0.3, 0.4) is 0 Å². The van der Waals surface area contributed by atoms with Gasteiger partial charge in [-0.25, -0.2) is 0 Å². The van der Waals surface area contributed by atoms with Crippen LogP contribution in [0, 0.1) is 13.8 Å². The fourth-order valence-corrected chi connectivity index (χ4v) is 1.32. The maximum Gasteiger partial charge on any atom is 0.109 e. The lowest BCUT2D eigenvalue weighted by molar-refractivity contribution is 0.505. The van der Waals surface area contributed by atoms with E-state index in [1.165, 1.54) is 0 Å². The van der Waals surface area contributed by atoms with Crippen molar-refractivity contribution in [3.05, 3.63) is 30.0 Å². The topological polar surface area (TPSA) is 41.8 Å². The van der Waals surface area contributed by atoms with Gasteiger partial charge in [-0.2, -0.15) is 5.10 Å².